The molecule has 10 heavy (non-hydrogen) atoms. The van der Waals surface area contributed by atoms with Crippen LogP contribution in [0.25, 0.3) is 0 Å². The van der Waals surface area contributed by atoms with E-state index in [1.54, 1.807) is 0 Å². The summed E-state index contributed by atoms with van der Waals surface area (Å²) in [6.07, 6.45) is 1.28. The van der Waals surface area contributed by atoms with E-state index >= 15 is 0 Å². The van der Waals surface area contributed by atoms with E-state index in [1.807, 2.05) is 11.8 Å². The largest absolute Gasteiger partial charge is 0.330 e. The number of hydrogen-bond acceptors (Lipinski definition) is 3. The molecule has 0 amide bonds. The molecule has 0 aromatic rings. The highest BCUT2D eigenvalue weighted by molar-refractivity contribution is 7.99. The first-order valence-electron chi connectivity index (χ1n) is 3.70. The summed E-state index contributed by atoms with van der Waals surface area (Å²) in [6.45, 7) is 2.00. The molecule has 0 saturated heterocycles. The van der Waals surface area contributed by atoms with Gasteiger partial charge < -0.3 is 10.6 Å². The lowest BCUT2D eigenvalue weighted by molar-refractivity contribution is 0.410. The van der Waals surface area contributed by atoms with E-state index in [9.17, 15) is 0 Å². The van der Waals surface area contributed by atoms with E-state index in [0.717, 1.165) is 12.3 Å². The van der Waals surface area contributed by atoms with E-state index in [1.165, 1.54) is 18.7 Å². The second-order valence-electron chi connectivity index (χ2n) is 2.56. The Hall–Kier alpha value is 0.270. The van der Waals surface area contributed by atoms with Crippen LogP contribution < -0.4 is 5.73 Å². The molecule has 2 nitrogen and oxygen atoms in total. The van der Waals surface area contributed by atoms with Gasteiger partial charge in [-0.15, -0.1) is 0 Å². The lowest BCUT2D eigenvalue weighted by Gasteiger charge is -2.07. The van der Waals surface area contributed by atoms with Crippen LogP contribution in [0.1, 0.15) is 6.42 Å². The molecule has 0 heterocycles. The van der Waals surface area contributed by atoms with Crippen molar-refractivity contribution in [2.45, 2.75) is 6.42 Å². The summed E-state index contributed by atoms with van der Waals surface area (Å²) in [5, 5.41) is 0. The van der Waals surface area contributed by atoms with Gasteiger partial charge in [0.05, 0.1) is 0 Å². The van der Waals surface area contributed by atoms with Crippen molar-refractivity contribution in [3.8, 4) is 0 Å². The molecule has 0 unspecified atom stereocenters. The molecule has 0 aromatic heterocycles. The van der Waals surface area contributed by atoms with E-state index in [2.05, 4.69) is 19.0 Å². The van der Waals surface area contributed by atoms with Gasteiger partial charge in [0, 0.05) is 12.3 Å². The third kappa shape index (κ3) is 8.27. The molecule has 0 spiro atoms. The molecule has 0 aliphatic carbocycles. The van der Waals surface area contributed by atoms with Crippen LogP contribution in [0.2, 0.25) is 0 Å². The molecule has 2 N–H and O–H groups in total. The molecule has 0 atom stereocenters. The quantitative estimate of drug-likeness (QED) is 0.581. The number of thioether (sulfide) groups is 1. The second-order valence-corrected chi connectivity index (χ2v) is 3.78. The van der Waals surface area contributed by atoms with Gasteiger partial charge in [-0.25, -0.2) is 0 Å². The van der Waals surface area contributed by atoms with E-state index in [-0.39, 0.29) is 0 Å². The van der Waals surface area contributed by atoms with Crippen LogP contribution in [0.15, 0.2) is 0 Å². The second kappa shape index (κ2) is 7.38. The summed E-state index contributed by atoms with van der Waals surface area (Å²) >= 11 is 1.94. The maximum Gasteiger partial charge on any atom is 0.00558 e. The van der Waals surface area contributed by atoms with E-state index in [0.29, 0.717) is 0 Å². The lowest BCUT2D eigenvalue weighted by atomic mass is 10.5. The molecule has 0 fully saturated rings. The SMILES string of the molecule is CN(C)CCCSCCN. The highest BCUT2D eigenvalue weighted by Gasteiger charge is 1.89. The van der Waals surface area contributed by atoms with Crippen molar-refractivity contribution in [1.82, 2.24) is 4.90 Å². The highest BCUT2D eigenvalue weighted by Crippen LogP contribution is 2.00. The van der Waals surface area contributed by atoms with Gasteiger partial charge in [-0.2, -0.15) is 11.8 Å². The molecule has 62 valence electrons. The smallest absolute Gasteiger partial charge is 0.00558 e. The Morgan fingerprint density at radius 1 is 1.30 bits per heavy atom. The average Bonchev–Trinajstić information content (AvgIpc) is 1.87. The minimum atomic E-state index is 0.812. The van der Waals surface area contributed by atoms with Gasteiger partial charge in [-0.1, -0.05) is 0 Å². The zero-order valence-corrected chi connectivity index (χ0v) is 7.78. The van der Waals surface area contributed by atoms with Crippen molar-refractivity contribution >= 4 is 11.8 Å². The Balaban J connectivity index is 2.77. The predicted octanol–water partition coefficient (Wildman–Crippen LogP) is 0.630. The van der Waals surface area contributed by atoms with Crippen LogP contribution in [0.3, 0.4) is 0 Å². The van der Waals surface area contributed by atoms with E-state index in [4.69, 9.17) is 5.73 Å². The van der Waals surface area contributed by atoms with Gasteiger partial charge in [0.25, 0.3) is 0 Å². The first kappa shape index (κ1) is 10.3. The number of rotatable bonds is 6. The average molecular weight is 162 g/mol. The standard InChI is InChI=1S/C7H18N2S/c1-9(2)5-3-6-10-7-4-8/h3-8H2,1-2H3. The van der Waals surface area contributed by atoms with Crippen LogP contribution in [0.4, 0.5) is 0 Å². The summed E-state index contributed by atoms with van der Waals surface area (Å²) in [7, 11) is 4.21. The van der Waals surface area contributed by atoms with Gasteiger partial charge in [0.2, 0.25) is 0 Å². The zero-order valence-electron chi connectivity index (χ0n) is 6.97. The first-order chi connectivity index (χ1) is 4.77. The Morgan fingerprint density at radius 3 is 2.50 bits per heavy atom. The van der Waals surface area contributed by atoms with Gasteiger partial charge in [0.15, 0.2) is 0 Å². The number of hydrogen-bond donors (Lipinski definition) is 1. The van der Waals surface area contributed by atoms with Gasteiger partial charge in [-0.3, -0.25) is 0 Å². The van der Waals surface area contributed by atoms with Crippen molar-refractivity contribution < 1.29 is 0 Å². The molecule has 0 aliphatic rings. The molecule has 0 aliphatic heterocycles. The zero-order chi connectivity index (χ0) is 7.82. The van der Waals surface area contributed by atoms with Crippen molar-refractivity contribution in [1.29, 1.82) is 0 Å². The van der Waals surface area contributed by atoms with Crippen LogP contribution in [0.5, 0.6) is 0 Å². The molecular formula is C7H18N2S. The fourth-order valence-corrected chi connectivity index (χ4v) is 1.37. The normalized spacial score (nSPS) is 10.8. The van der Waals surface area contributed by atoms with Gasteiger partial charge >= 0.3 is 0 Å². The van der Waals surface area contributed by atoms with Crippen molar-refractivity contribution in [2.24, 2.45) is 5.73 Å². The van der Waals surface area contributed by atoms with Gasteiger partial charge in [0.1, 0.15) is 0 Å². The minimum absolute atomic E-state index is 0.812. The molecule has 0 saturated carbocycles. The molecule has 3 heteroatoms. The Morgan fingerprint density at radius 2 is 2.00 bits per heavy atom. The third-order valence-corrected chi connectivity index (χ3v) is 2.26. The monoisotopic (exact) mass is 162 g/mol. The fraction of sp³-hybridized carbons (Fsp3) is 1.00. The van der Waals surface area contributed by atoms with Crippen molar-refractivity contribution in [2.75, 3.05) is 38.7 Å². The summed E-state index contributed by atoms with van der Waals surface area (Å²) in [5.41, 5.74) is 5.34. The van der Waals surface area contributed by atoms with Crippen LogP contribution in [-0.2, 0) is 0 Å². The molecular weight excluding hydrogens is 144 g/mol. The first-order valence-corrected chi connectivity index (χ1v) is 4.85. The van der Waals surface area contributed by atoms with Crippen LogP contribution >= 0.6 is 11.8 Å². The third-order valence-electron chi connectivity index (χ3n) is 1.16. The number of nitrogens with two attached hydrogens (primary N) is 1. The van der Waals surface area contributed by atoms with Crippen LogP contribution in [-0.4, -0.2) is 43.6 Å². The van der Waals surface area contributed by atoms with Crippen molar-refractivity contribution in [3.63, 3.8) is 0 Å². The molecule has 0 bridgehead atoms. The lowest BCUT2D eigenvalue weighted by Crippen LogP contribution is -2.13. The maximum atomic E-state index is 5.34. The maximum absolute atomic E-state index is 5.34. The van der Waals surface area contributed by atoms with Crippen molar-refractivity contribution in [3.05, 3.63) is 0 Å². The van der Waals surface area contributed by atoms with Crippen LogP contribution in [0, 0.1) is 0 Å². The summed E-state index contributed by atoms with van der Waals surface area (Å²) < 4.78 is 0. The Kier molecular flexibility index (Phi) is 7.58. The minimum Gasteiger partial charge on any atom is -0.330 e. The number of nitrogens with zero attached hydrogens (tertiary/aromatic N) is 1. The summed E-state index contributed by atoms with van der Waals surface area (Å²) in [4.78, 5) is 2.21. The highest BCUT2D eigenvalue weighted by atomic mass is 32.2. The topological polar surface area (TPSA) is 29.3 Å². The predicted molar refractivity (Wildman–Crippen MR) is 49.6 cm³/mol. The molecule has 0 rings (SSSR count). The fourth-order valence-electron chi connectivity index (χ4n) is 0.668. The van der Waals surface area contributed by atoms with E-state index < -0.39 is 0 Å². The molecule has 0 aromatic carbocycles. The Labute approximate surface area is 68.2 Å². The summed E-state index contributed by atoms with van der Waals surface area (Å²) in [6, 6.07) is 0. The summed E-state index contributed by atoms with van der Waals surface area (Å²) in [5.74, 6) is 2.35. The molecule has 0 radical (unpaired) electrons. The van der Waals surface area contributed by atoms with Gasteiger partial charge in [-0.05, 0) is 32.8 Å². The Bertz CT molecular complexity index is 66.6.